The zero-order valence-corrected chi connectivity index (χ0v) is 13.1. The van der Waals surface area contributed by atoms with Crippen molar-refractivity contribution in [1.29, 1.82) is 0 Å². The SMILES string of the molecule is CCNC(=NCCCOCC1CCCO1)NC1CC=CC1. The number of hydrogen-bond acceptors (Lipinski definition) is 3. The van der Waals surface area contributed by atoms with Gasteiger partial charge in [-0.3, -0.25) is 4.99 Å². The maximum atomic E-state index is 5.65. The van der Waals surface area contributed by atoms with Crippen LogP contribution in [0.2, 0.25) is 0 Å². The highest BCUT2D eigenvalue weighted by molar-refractivity contribution is 5.80. The molecule has 2 aliphatic rings. The molecule has 2 N–H and O–H groups in total. The molecular formula is C16H29N3O2. The highest BCUT2D eigenvalue weighted by Gasteiger charge is 2.15. The van der Waals surface area contributed by atoms with Gasteiger partial charge in [-0.1, -0.05) is 12.2 Å². The van der Waals surface area contributed by atoms with Gasteiger partial charge in [-0.15, -0.1) is 0 Å². The molecule has 1 aliphatic heterocycles. The van der Waals surface area contributed by atoms with Gasteiger partial charge in [0.05, 0.1) is 12.7 Å². The molecule has 1 heterocycles. The topological polar surface area (TPSA) is 54.9 Å². The molecule has 0 aromatic heterocycles. The second kappa shape index (κ2) is 9.79. The molecule has 0 aromatic carbocycles. The van der Waals surface area contributed by atoms with E-state index in [2.05, 4.69) is 34.7 Å². The van der Waals surface area contributed by atoms with Gasteiger partial charge in [-0.05, 0) is 39.0 Å². The van der Waals surface area contributed by atoms with Crippen LogP contribution in [0.15, 0.2) is 17.1 Å². The third-order valence-corrected chi connectivity index (χ3v) is 3.74. The van der Waals surface area contributed by atoms with Crippen LogP contribution in [0.25, 0.3) is 0 Å². The highest BCUT2D eigenvalue weighted by Crippen LogP contribution is 2.12. The Labute approximate surface area is 128 Å². The minimum Gasteiger partial charge on any atom is -0.379 e. The molecule has 2 rings (SSSR count). The fourth-order valence-corrected chi connectivity index (χ4v) is 2.60. The number of guanidine groups is 1. The molecule has 1 saturated heterocycles. The van der Waals surface area contributed by atoms with Crippen molar-refractivity contribution in [3.05, 3.63) is 12.2 Å². The lowest BCUT2D eigenvalue weighted by atomic mass is 10.2. The Hall–Kier alpha value is -1.07. The Morgan fingerprint density at radius 3 is 2.95 bits per heavy atom. The van der Waals surface area contributed by atoms with Crippen LogP contribution in [0.1, 0.15) is 39.0 Å². The third kappa shape index (κ3) is 6.48. The van der Waals surface area contributed by atoms with Crippen molar-refractivity contribution >= 4 is 5.96 Å². The van der Waals surface area contributed by atoms with Crippen LogP contribution in [0.3, 0.4) is 0 Å². The molecule has 0 spiro atoms. The molecule has 120 valence electrons. The van der Waals surface area contributed by atoms with Crippen LogP contribution in [0.4, 0.5) is 0 Å². The smallest absolute Gasteiger partial charge is 0.191 e. The summed E-state index contributed by atoms with van der Waals surface area (Å²) in [5.74, 6) is 0.922. The minimum atomic E-state index is 0.322. The van der Waals surface area contributed by atoms with Crippen molar-refractivity contribution in [2.45, 2.75) is 51.2 Å². The number of nitrogens with one attached hydrogen (secondary N) is 2. The monoisotopic (exact) mass is 295 g/mol. The summed E-state index contributed by atoms with van der Waals surface area (Å²) in [5, 5.41) is 6.76. The Kier molecular flexibility index (Phi) is 7.60. The summed E-state index contributed by atoms with van der Waals surface area (Å²) >= 11 is 0. The van der Waals surface area contributed by atoms with E-state index in [0.717, 1.165) is 64.6 Å². The molecular weight excluding hydrogens is 266 g/mol. The van der Waals surface area contributed by atoms with Gasteiger partial charge in [0.25, 0.3) is 0 Å². The molecule has 0 saturated carbocycles. The van der Waals surface area contributed by atoms with Crippen LogP contribution < -0.4 is 10.6 Å². The minimum absolute atomic E-state index is 0.322. The molecule has 1 aliphatic carbocycles. The number of nitrogens with zero attached hydrogens (tertiary/aromatic N) is 1. The zero-order chi connectivity index (χ0) is 14.8. The van der Waals surface area contributed by atoms with Crippen LogP contribution in [0, 0.1) is 0 Å². The molecule has 0 bridgehead atoms. The maximum absolute atomic E-state index is 5.65. The average molecular weight is 295 g/mol. The van der Waals surface area contributed by atoms with Gasteiger partial charge in [-0.2, -0.15) is 0 Å². The fourth-order valence-electron chi connectivity index (χ4n) is 2.60. The summed E-state index contributed by atoms with van der Waals surface area (Å²) < 4.78 is 11.2. The largest absolute Gasteiger partial charge is 0.379 e. The maximum Gasteiger partial charge on any atom is 0.191 e. The summed E-state index contributed by atoms with van der Waals surface area (Å²) in [6.45, 7) is 6.16. The van der Waals surface area contributed by atoms with Crippen molar-refractivity contribution < 1.29 is 9.47 Å². The molecule has 0 aromatic rings. The van der Waals surface area contributed by atoms with Gasteiger partial charge >= 0.3 is 0 Å². The first-order valence-corrected chi connectivity index (χ1v) is 8.27. The predicted octanol–water partition coefficient (Wildman–Crippen LogP) is 1.85. The van der Waals surface area contributed by atoms with Crippen LogP contribution in [0.5, 0.6) is 0 Å². The van der Waals surface area contributed by atoms with Gasteiger partial charge < -0.3 is 20.1 Å². The molecule has 0 amide bonds. The van der Waals surface area contributed by atoms with Crippen molar-refractivity contribution in [1.82, 2.24) is 10.6 Å². The van der Waals surface area contributed by atoms with E-state index in [1.165, 1.54) is 6.42 Å². The number of aliphatic imine (C=N–C) groups is 1. The third-order valence-electron chi connectivity index (χ3n) is 3.74. The Morgan fingerprint density at radius 1 is 1.38 bits per heavy atom. The van der Waals surface area contributed by atoms with Crippen LogP contribution in [-0.2, 0) is 9.47 Å². The lowest BCUT2D eigenvalue weighted by Crippen LogP contribution is -2.42. The van der Waals surface area contributed by atoms with Crippen LogP contribution >= 0.6 is 0 Å². The first kappa shape index (κ1) is 16.3. The second-order valence-corrected chi connectivity index (χ2v) is 5.61. The molecule has 5 heteroatoms. The van der Waals surface area contributed by atoms with Crippen molar-refractivity contribution in [3.63, 3.8) is 0 Å². The molecule has 5 nitrogen and oxygen atoms in total. The molecule has 1 atom stereocenters. The molecule has 0 radical (unpaired) electrons. The van der Waals surface area contributed by atoms with E-state index in [-0.39, 0.29) is 0 Å². The van der Waals surface area contributed by atoms with E-state index in [0.29, 0.717) is 12.1 Å². The Bertz CT molecular complexity index is 330. The van der Waals surface area contributed by atoms with Gasteiger partial charge in [0, 0.05) is 32.3 Å². The molecule has 1 fully saturated rings. The average Bonchev–Trinajstić information content (AvgIpc) is 3.16. The van der Waals surface area contributed by atoms with Crippen molar-refractivity contribution in [2.75, 3.05) is 32.9 Å². The number of rotatable bonds is 8. The van der Waals surface area contributed by atoms with Gasteiger partial charge in [-0.25, -0.2) is 0 Å². The van der Waals surface area contributed by atoms with E-state index >= 15 is 0 Å². The molecule has 1 unspecified atom stereocenters. The summed E-state index contributed by atoms with van der Waals surface area (Å²) in [4.78, 5) is 4.60. The lowest BCUT2D eigenvalue weighted by molar-refractivity contribution is 0.0171. The summed E-state index contributed by atoms with van der Waals surface area (Å²) in [6.07, 6.45) is 10.2. The van der Waals surface area contributed by atoms with E-state index in [1.54, 1.807) is 0 Å². The Balaban J connectivity index is 1.55. The number of ether oxygens (including phenoxy) is 2. The Morgan fingerprint density at radius 2 is 2.24 bits per heavy atom. The predicted molar refractivity (Wildman–Crippen MR) is 85.7 cm³/mol. The van der Waals surface area contributed by atoms with E-state index < -0.39 is 0 Å². The summed E-state index contributed by atoms with van der Waals surface area (Å²) in [5.41, 5.74) is 0. The number of hydrogen-bond donors (Lipinski definition) is 2. The van der Waals surface area contributed by atoms with E-state index in [1.807, 2.05) is 0 Å². The van der Waals surface area contributed by atoms with Gasteiger partial charge in [0.2, 0.25) is 0 Å². The highest BCUT2D eigenvalue weighted by atomic mass is 16.5. The first-order valence-electron chi connectivity index (χ1n) is 8.27. The zero-order valence-electron chi connectivity index (χ0n) is 13.1. The van der Waals surface area contributed by atoms with Gasteiger partial charge in [0.1, 0.15) is 0 Å². The standard InChI is InChI=1S/C16H29N3O2/c1-2-17-16(19-14-7-3-4-8-14)18-10-6-11-20-13-15-9-5-12-21-15/h3-4,14-15H,2,5-13H2,1H3,(H2,17,18,19). The van der Waals surface area contributed by atoms with Crippen molar-refractivity contribution in [2.24, 2.45) is 4.99 Å². The van der Waals surface area contributed by atoms with E-state index in [9.17, 15) is 0 Å². The lowest BCUT2D eigenvalue weighted by Gasteiger charge is -2.16. The van der Waals surface area contributed by atoms with Gasteiger partial charge in [0.15, 0.2) is 5.96 Å². The molecule has 21 heavy (non-hydrogen) atoms. The first-order chi connectivity index (χ1) is 10.4. The normalized spacial score (nSPS) is 22.9. The second-order valence-electron chi connectivity index (χ2n) is 5.61. The summed E-state index contributed by atoms with van der Waals surface area (Å²) in [7, 11) is 0. The fraction of sp³-hybridized carbons (Fsp3) is 0.812. The van der Waals surface area contributed by atoms with E-state index in [4.69, 9.17) is 9.47 Å². The summed E-state index contributed by atoms with van der Waals surface area (Å²) in [6, 6.07) is 0.499. The quantitative estimate of drug-likeness (QED) is 0.310. The van der Waals surface area contributed by atoms with Crippen molar-refractivity contribution in [3.8, 4) is 0 Å². The van der Waals surface area contributed by atoms with Crippen LogP contribution in [-0.4, -0.2) is 51.0 Å².